The second-order valence-corrected chi connectivity index (χ2v) is 5.47. The van der Waals surface area contributed by atoms with Gasteiger partial charge in [-0.25, -0.2) is 0 Å². The molecule has 0 heterocycles. The molecule has 0 aliphatic heterocycles. The van der Waals surface area contributed by atoms with Gasteiger partial charge in [0.25, 0.3) is 0 Å². The van der Waals surface area contributed by atoms with Gasteiger partial charge >= 0.3 is 0 Å². The molecule has 0 N–H and O–H groups in total. The van der Waals surface area contributed by atoms with Crippen LogP contribution in [0.15, 0.2) is 43.0 Å². The first-order chi connectivity index (χ1) is 9.69. The Bertz CT molecular complexity index is 436. The molecule has 0 saturated carbocycles. The van der Waals surface area contributed by atoms with Crippen LogP contribution in [-0.4, -0.2) is 24.0 Å². The highest BCUT2D eigenvalue weighted by Gasteiger charge is 2.18. The van der Waals surface area contributed by atoms with Crippen LogP contribution < -0.4 is 0 Å². The van der Waals surface area contributed by atoms with Gasteiger partial charge in [-0.05, 0) is 37.4 Å². The average Bonchev–Trinajstić information content (AvgIpc) is 2.45. The highest BCUT2D eigenvalue weighted by atomic mass is 15.1. The zero-order valence-corrected chi connectivity index (χ0v) is 13.1. The van der Waals surface area contributed by atoms with Gasteiger partial charge < -0.3 is 0 Å². The van der Waals surface area contributed by atoms with E-state index in [1.807, 2.05) is 24.3 Å². The molecule has 0 amide bonds. The molecule has 0 spiro atoms. The average molecular weight is 269 g/mol. The maximum Gasteiger partial charge on any atom is 0.0607 e. The van der Waals surface area contributed by atoms with Crippen molar-refractivity contribution in [3.05, 3.63) is 48.6 Å². The summed E-state index contributed by atoms with van der Waals surface area (Å²) in [6.07, 6.45) is 4.22. The Kier molecular flexibility index (Phi) is 7.77. The molecule has 0 saturated heterocycles. The summed E-state index contributed by atoms with van der Waals surface area (Å²) < 4.78 is 0. The number of nitrogens with zero attached hydrogens (tertiary/aromatic N) is 1. The van der Waals surface area contributed by atoms with E-state index in [9.17, 15) is 0 Å². The molecular formula is C19H27N. The van der Waals surface area contributed by atoms with Crippen molar-refractivity contribution in [2.45, 2.75) is 39.7 Å². The van der Waals surface area contributed by atoms with Crippen LogP contribution in [0.5, 0.6) is 0 Å². The first-order valence-electron chi connectivity index (χ1n) is 7.57. The minimum Gasteiger partial charge on any atom is -0.289 e. The number of hydrogen-bond donors (Lipinski definition) is 0. The minimum absolute atomic E-state index is 0.539. The zero-order chi connectivity index (χ0) is 14.8. The van der Waals surface area contributed by atoms with Gasteiger partial charge in [0.2, 0.25) is 0 Å². The molecule has 1 atom stereocenters. The van der Waals surface area contributed by atoms with E-state index < -0.39 is 0 Å². The summed E-state index contributed by atoms with van der Waals surface area (Å²) in [6, 6.07) is 10.7. The maximum atomic E-state index is 3.89. The van der Waals surface area contributed by atoms with Crippen molar-refractivity contribution >= 4 is 0 Å². The van der Waals surface area contributed by atoms with Crippen LogP contribution in [0.25, 0.3) is 0 Å². The molecule has 0 aliphatic carbocycles. The van der Waals surface area contributed by atoms with Crippen molar-refractivity contribution in [1.82, 2.24) is 4.90 Å². The quantitative estimate of drug-likeness (QED) is 0.525. The Morgan fingerprint density at radius 2 is 1.95 bits per heavy atom. The van der Waals surface area contributed by atoms with E-state index in [2.05, 4.69) is 56.2 Å². The van der Waals surface area contributed by atoms with Crippen molar-refractivity contribution in [2.24, 2.45) is 5.92 Å². The largest absolute Gasteiger partial charge is 0.289 e. The van der Waals surface area contributed by atoms with Crippen molar-refractivity contribution in [3.8, 4) is 11.8 Å². The number of rotatable bonds is 7. The highest BCUT2D eigenvalue weighted by molar-refractivity contribution is 5.33. The van der Waals surface area contributed by atoms with E-state index in [-0.39, 0.29) is 0 Å². The van der Waals surface area contributed by atoms with E-state index in [0.29, 0.717) is 12.0 Å². The van der Waals surface area contributed by atoms with Crippen LogP contribution in [0, 0.1) is 17.8 Å². The first kappa shape index (κ1) is 16.5. The summed E-state index contributed by atoms with van der Waals surface area (Å²) in [5.41, 5.74) is 1.09. The lowest BCUT2D eigenvalue weighted by molar-refractivity contribution is 0.176. The SMILES string of the molecule is C=CCC(C(C)C)N(CC#Cc1ccccc1)CCC. The Balaban J connectivity index is 2.71. The normalized spacial score (nSPS) is 12.1. The molecule has 1 nitrogen and oxygen atoms in total. The van der Waals surface area contributed by atoms with E-state index in [4.69, 9.17) is 0 Å². The Labute approximate surface area is 124 Å². The van der Waals surface area contributed by atoms with Crippen LogP contribution >= 0.6 is 0 Å². The fourth-order valence-electron chi connectivity index (χ4n) is 2.43. The van der Waals surface area contributed by atoms with Gasteiger partial charge in [-0.2, -0.15) is 0 Å². The van der Waals surface area contributed by atoms with Crippen LogP contribution in [-0.2, 0) is 0 Å². The third-order valence-corrected chi connectivity index (χ3v) is 3.45. The Hall–Kier alpha value is -1.52. The van der Waals surface area contributed by atoms with Gasteiger partial charge in [0, 0.05) is 11.6 Å². The van der Waals surface area contributed by atoms with Crippen molar-refractivity contribution < 1.29 is 0 Å². The number of benzene rings is 1. The van der Waals surface area contributed by atoms with Gasteiger partial charge in [-0.15, -0.1) is 6.58 Å². The number of hydrogen-bond acceptors (Lipinski definition) is 1. The van der Waals surface area contributed by atoms with E-state index in [1.54, 1.807) is 0 Å². The third-order valence-electron chi connectivity index (χ3n) is 3.45. The molecule has 20 heavy (non-hydrogen) atoms. The van der Waals surface area contributed by atoms with Crippen molar-refractivity contribution in [3.63, 3.8) is 0 Å². The molecule has 0 bridgehead atoms. The second kappa shape index (κ2) is 9.39. The van der Waals surface area contributed by atoms with Gasteiger partial charge in [-0.3, -0.25) is 4.90 Å². The lowest BCUT2D eigenvalue weighted by Gasteiger charge is -2.32. The molecule has 0 aliphatic rings. The van der Waals surface area contributed by atoms with Crippen molar-refractivity contribution in [2.75, 3.05) is 13.1 Å². The zero-order valence-electron chi connectivity index (χ0n) is 13.1. The molecular weight excluding hydrogens is 242 g/mol. The second-order valence-electron chi connectivity index (χ2n) is 5.47. The molecule has 1 unspecified atom stereocenters. The minimum atomic E-state index is 0.539. The van der Waals surface area contributed by atoms with Crippen LogP contribution in [0.3, 0.4) is 0 Å². The molecule has 1 rings (SSSR count). The van der Waals surface area contributed by atoms with Gasteiger partial charge in [0.05, 0.1) is 6.54 Å². The summed E-state index contributed by atoms with van der Waals surface area (Å²) in [4.78, 5) is 2.49. The Morgan fingerprint density at radius 3 is 2.50 bits per heavy atom. The molecule has 108 valence electrons. The summed E-state index contributed by atoms with van der Waals surface area (Å²) in [6.45, 7) is 12.6. The summed E-state index contributed by atoms with van der Waals surface area (Å²) in [7, 11) is 0. The van der Waals surface area contributed by atoms with Gasteiger partial charge in [0.15, 0.2) is 0 Å². The fourth-order valence-corrected chi connectivity index (χ4v) is 2.43. The first-order valence-corrected chi connectivity index (χ1v) is 7.57. The fraction of sp³-hybridized carbons (Fsp3) is 0.474. The lowest BCUT2D eigenvalue weighted by Crippen LogP contribution is -2.39. The predicted octanol–water partition coefficient (Wildman–Crippen LogP) is 4.35. The maximum absolute atomic E-state index is 3.89. The molecule has 0 fully saturated rings. The molecule has 1 aromatic rings. The highest BCUT2D eigenvalue weighted by Crippen LogP contribution is 2.15. The molecule has 0 aromatic heterocycles. The smallest absolute Gasteiger partial charge is 0.0607 e. The summed E-state index contributed by atoms with van der Waals surface area (Å²) in [5, 5.41) is 0. The monoisotopic (exact) mass is 269 g/mol. The van der Waals surface area contributed by atoms with E-state index in [1.165, 1.54) is 0 Å². The van der Waals surface area contributed by atoms with Crippen LogP contribution in [0.2, 0.25) is 0 Å². The van der Waals surface area contributed by atoms with E-state index in [0.717, 1.165) is 31.5 Å². The molecule has 0 radical (unpaired) electrons. The standard InChI is InChI=1S/C19H27N/c1-5-11-19(17(3)4)20(15-6-2)16-10-14-18-12-8-7-9-13-18/h5,7-9,12-13,17,19H,1,6,11,15-16H2,2-4H3. The van der Waals surface area contributed by atoms with Crippen LogP contribution in [0.4, 0.5) is 0 Å². The van der Waals surface area contributed by atoms with E-state index >= 15 is 0 Å². The molecule has 1 aromatic carbocycles. The summed E-state index contributed by atoms with van der Waals surface area (Å²) >= 11 is 0. The van der Waals surface area contributed by atoms with Crippen molar-refractivity contribution in [1.29, 1.82) is 0 Å². The van der Waals surface area contributed by atoms with Crippen LogP contribution in [0.1, 0.15) is 39.2 Å². The topological polar surface area (TPSA) is 3.24 Å². The lowest BCUT2D eigenvalue weighted by atomic mass is 9.99. The Morgan fingerprint density at radius 1 is 1.25 bits per heavy atom. The third kappa shape index (κ3) is 5.63. The van der Waals surface area contributed by atoms with Gasteiger partial charge in [0.1, 0.15) is 0 Å². The molecule has 1 heteroatoms. The summed E-state index contributed by atoms with van der Waals surface area (Å²) in [5.74, 6) is 7.20. The predicted molar refractivity (Wildman–Crippen MR) is 88.6 cm³/mol. The van der Waals surface area contributed by atoms with Gasteiger partial charge in [-0.1, -0.05) is 56.9 Å².